The van der Waals surface area contributed by atoms with E-state index in [4.69, 9.17) is 0 Å². The lowest BCUT2D eigenvalue weighted by Gasteiger charge is -2.13. The molecule has 0 aliphatic heterocycles. The highest BCUT2D eigenvalue weighted by Gasteiger charge is 2.09. The van der Waals surface area contributed by atoms with Gasteiger partial charge in [-0.2, -0.15) is 0 Å². The van der Waals surface area contributed by atoms with Gasteiger partial charge in [-0.3, -0.25) is 0 Å². The van der Waals surface area contributed by atoms with Crippen LogP contribution in [0, 0.1) is 0 Å². The van der Waals surface area contributed by atoms with E-state index in [-0.39, 0.29) is 23.9 Å². The number of hydrogen-bond donors (Lipinski definition) is 4. The molecule has 2 aromatic rings. The summed E-state index contributed by atoms with van der Waals surface area (Å²) < 4.78 is 0. The minimum atomic E-state index is -0.727. The Hall–Kier alpha value is -1.75. The van der Waals surface area contributed by atoms with Gasteiger partial charge in [0.2, 0.25) is 0 Å². The number of phenols is 2. The molecule has 0 aliphatic rings. The first-order chi connectivity index (χ1) is 9.16. The van der Waals surface area contributed by atoms with Crippen LogP contribution in [0.1, 0.15) is 17.2 Å². The number of nitrogens with one attached hydrogen (secondary N) is 1. The molecule has 0 fully saturated rings. The molecule has 0 aliphatic carbocycles. The molecule has 0 heterocycles. The Morgan fingerprint density at radius 2 is 1.65 bits per heavy atom. The Bertz CT molecular complexity index is 534. The van der Waals surface area contributed by atoms with E-state index in [0.717, 1.165) is 5.56 Å². The standard InChI is InChI=1S/C15H17NO3.ClH/c17-13-7-6-12(8-14(13)18)15(19)10-16-9-11-4-2-1-3-5-11;/h1-8,15-19H,9-10H2;1H. The van der Waals surface area contributed by atoms with Crippen molar-refractivity contribution >= 4 is 12.4 Å². The molecular formula is C15H18ClNO3. The van der Waals surface area contributed by atoms with Gasteiger partial charge in [0, 0.05) is 13.1 Å². The van der Waals surface area contributed by atoms with Gasteiger partial charge in [-0.15, -0.1) is 12.4 Å². The lowest BCUT2D eigenvalue weighted by atomic mass is 10.1. The predicted molar refractivity (Wildman–Crippen MR) is 80.1 cm³/mol. The van der Waals surface area contributed by atoms with E-state index in [9.17, 15) is 15.3 Å². The molecule has 108 valence electrons. The van der Waals surface area contributed by atoms with E-state index in [2.05, 4.69) is 5.32 Å². The van der Waals surface area contributed by atoms with E-state index in [0.29, 0.717) is 18.7 Å². The summed E-state index contributed by atoms with van der Waals surface area (Å²) in [6.07, 6.45) is -0.727. The quantitative estimate of drug-likeness (QED) is 0.639. The smallest absolute Gasteiger partial charge is 0.157 e. The maximum Gasteiger partial charge on any atom is 0.157 e. The summed E-state index contributed by atoms with van der Waals surface area (Å²) in [7, 11) is 0. The largest absolute Gasteiger partial charge is 0.504 e. The average Bonchev–Trinajstić information content (AvgIpc) is 2.43. The fourth-order valence-corrected chi connectivity index (χ4v) is 1.81. The van der Waals surface area contributed by atoms with Crippen molar-refractivity contribution in [2.45, 2.75) is 12.6 Å². The van der Waals surface area contributed by atoms with Crippen LogP contribution >= 0.6 is 12.4 Å². The summed E-state index contributed by atoms with van der Waals surface area (Å²) in [4.78, 5) is 0. The van der Waals surface area contributed by atoms with Gasteiger partial charge in [0.05, 0.1) is 6.10 Å². The summed E-state index contributed by atoms with van der Waals surface area (Å²) in [5, 5.41) is 31.7. The number of halogens is 1. The van der Waals surface area contributed by atoms with Crippen molar-refractivity contribution < 1.29 is 15.3 Å². The fourth-order valence-electron chi connectivity index (χ4n) is 1.81. The molecule has 1 unspecified atom stereocenters. The van der Waals surface area contributed by atoms with E-state index >= 15 is 0 Å². The van der Waals surface area contributed by atoms with Crippen LogP contribution in [0.15, 0.2) is 48.5 Å². The second-order valence-electron chi connectivity index (χ2n) is 4.38. The van der Waals surface area contributed by atoms with Gasteiger partial charge in [-0.05, 0) is 23.3 Å². The Kier molecular flexibility index (Phi) is 6.31. The van der Waals surface area contributed by atoms with Crippen LogP contribution in [0.2, 0.25) is 0 Å². The van der Waals surface area contributed by atoms with Crippen molar-refractivity contribution in [3.63, 3.8) is 0 Å². The number of aliphatic hydroxyl groups excluding tert-OH is 1. The van der Waals surface area contributed by atoms with Gasteiger partial charge in [-0.25, -0.2) is 0 Å². The minimum Gasteiger partial charge on any atom is -0.504 e. The number of aromatic hydroxyl groups is 2. The third-order valence-electron chi connectivity index (χ3n) is 2.89. The van der Waals surface area contributed by atoms with Crippen molar-refractivity contribution in [3.8, 4) is 11.5 Å². The molecule has 1 atom stereocenters. The van der Waals surface area contributed by atoms with Crippen LogP contribution in [0.25, 0.3) is 0 Å². The SMILES string of the molecule is Cl.Oc1ccc(C(O)CNCc2ccccc2)cc1O. The van der Waals surface area contributed by atoms with Crippen LogP contribution in [-0.2, 0) is 6.54 Å². The molecule has 0 saturated heterocycles. The van der Waals surface area contributed by atoms with Crippen molar-refractivity contribution in [2.75, 3.05) is 6.54 Å². The average molecular weight is 296 g/mol. The maximum atomic E-state index is 9.96. The number of aliphatic hydroxyl groups is 1. The fraction of sp³-hybridized carbons (Fsp3) is 0.200. The van der Waals surface area contributed by atoms with Gasteiger partial charge in [-0.1, -0.05) is 36.4 Å². The zero-order chi connectivity index (χ0) is 13.7. The molecule has 2 rings (SSSR count). The molecule has 5 heteroatoms. The number of phenolic OH excluding ortho intramolecular Hbond substituents is 2. The summed E-state index contributed by atoms with van der Waals surface area (Å²) >= 11 is 0. The summed E-state index contributed by atoms with van der Waals surface area (Å²) in [6, 6.07) is 14.2. The number of rotatable bonds is 5. The Morgan fingerprint density at radius 1 is 0.950 bits per heavy atom. The predicted octanol–water partition coefficient (Wildman–Crippen LogP) is 2.34. The summed E-state index contributed by atoms with van der Waals surface area (Å²) in [6.45, 7) is 1.04. The lowest BCUT2D eigenvalue weighted by molar-refractivity contribution is 0.174. The second-order valence-corrected chi connectivity index (χ2v) is 4.38. The highest BCUT2D eigenvalue weighted by Crippen LogP contribution is 2.27. The lowest BCUT2D eigenvalue weighted by Crippen LogP contribution is -2.20. The second kappa shape index (κ2) is 7.75. The van der Waals surface area contributed by atoms with Crippen LogP contribution in [-0.4, -0.2) is 21.9 Å². The first kappa shape index (κ1) is 16.3. The highest BCUT2D eigenvalue weighted by atomic mass is 35.5. The molecule has 2 aromatic carbocycles. The Morgan fingerprint density at radius 3 is 2.30 bits per heavy atom. The Balaban J connectivity index is 0.00000200. The monoisotopic (exact) mass is 295 g/mol. The molecule has 0 amide bonds. The molecule has 4 nitrogen and oxygen atoms in total. The Labute approximate surface area is 124 Å². The normalized spacial score (nSPS) is 11.7. The third-order valence-corrected chi connectivity index (χ3v) is 2.89. The molecular weight excluding hydrogens is 278 g/mol. The topological polar surface area (TPSA) is 72.7 Å². The van der Waals surface area contributed by atoms with Crippen LogP contribution in [0.3, 0.4) is 0 Å². The minimum absolute atomic E-state index is 0. The van der Waals surface area contributed by atoms with Gasteiger partial charge < -0.3 is 20.6 Å². The van der Waals surface area contributed by atoms with Crippen LogP contribution in [0.4, 0.5) is 0 Å². The van der Waals surface area contributed by atoms with E-state index in [1.807, 2.05) is 30.3 Å². The van der Waals surface area contributed by atoms with Gasteiger partial charge in [0.15, 0.2) is 11.5 Å². The molecule has 0 spiro atoms. The van der Waals surface area contributed by atoms with Crippen LogP contribution in [0.5, 0.6) is 11.5 Å². The van der Waals surface area contributed by atoms with E-state index < -0.39 is 6.10 Å². The van der Waals surface area contributed by atoms with E-state index in [1.54, 1.807) is 6.07 Å². The van der Waals surface area contributed by atoms with Gasteiger partial charge in [0.25, 0.3) is 0 Å². The molecule has 0 saturated carbocycles. The number of benzene rings is 2. The first-order valence-electron chi connectivity index (χ1n) is 6.11. The zero-order valence-electron chi connectivity index (χ0n) is 10.9. The third kappa shape index (κ3) is 4.42. The zero-order valence-corrected chi connectivity index (χ0v) is 11.7. The first-order valence-corrected chi connectivity index (χ1v) is 6.11. The molecule has 0 aromatic heterocycles. The highest BCUT2D eigenvalue weighted by molar-refractivity contribution is 5.85. The maximum absolute atomic E-state index is 9.96. The van der Waals surface area contributed by atoms with Gasteiger partial charge >= 0.3 is 0 Å². The van der Waals surface area contributed by atoms with Crippen molar-refractivity contribution in [3.05, 3.63) is 59.7 Å². The number of hydrogen-bond acceptors (Lipinski definition) is 4. The molecule has 4 N–H and O–H groups in total. The van der Waals surface area contributed by atoms with Crippen molar-refractivity contribution in [1.82, 2.24) is 5.32 Å². The molecule has 0 radical (unpaired) electrons. The van der Waals surface area contributed by atoms with Gasteiger partial charge in [0.1, 0.15) is 0 Å². The summed E-state index contributed by atoms with van der Waals surface area (Å²) in [5.41, 5.74) is 1.71. The molecule has 20 heavy (non-hydrogen) atoms. The summed E-state index contributed by atoms with van der Waals surface area (Å²) in [5.74, 6) is -0.409. The molecule has 0 bridgehead atoms. The van der Waals surface area contributed by atoms with Crippen LogP contribution < -0.4 is 5.32 Å². The van der Waals surface area contributed by atoms with Crippen molar-refractivity contribution in [2.24, 2.45) is 0 Å². The van der Waals surface area contributed by atoms with E-state index in [1.165, 1.54) is 12.1 Å². The van der Waals surface area contributed by atoms with Crippen molar-refractivity contribution in [1.29, 1.82) is 0 Å².